The van der Waals surface area contributed by atoms with E-state index in [1.54, 1.807) is 0 Å². The van der Waals surface area contributed by atoms with Gasteiger partial charge in [0.05, 0.1) is 24.7 Å². The first-order valence-corrected chi connectivity index (χ1v) is 8.13. The molecule has 2 fully saturated rings. The van der Waals surface area contributed by atoms with Crippen molar-refractivity contribution in [2.75, 3.05) is 0 Å². The van der Waals surface area contributed by atoms with Crippen molar-refractivity contribution in [2.45, 2.75) is 52.3 Å². The quantitative estimate of drug-likeness (QED) is 0.802. The lowest BCUT2D eigenvalue weighted by molar-refractivity contribution is -0.299. The van der Waals surface area contributed by atoms with Crippen LogP contribution in [0.3, 0.4) is 0 Å². The van der Waals surface area contributed by atoms with Crippen LogP contribution in [0.1, 0.15) is 32.8 Å². The fraction of sp³-hybridized carbons (Fsp3) is 0.611. The van der Waals surface area contributed by atoms with E-state index >= 15 is 0 Å². The number of esters is 1. The second-order valence-electron chi connectivity index (χ2n) is 6.40. The summed E-state index contributed by atoms with van der Waals surface area (Å²) >= 11 is 0. The van der Waals surface area contributed by atoms with E-state index < -0.39 is 6.29 Å². The summed E-state index contributed by atoms with van der Waals surface area (Å²) < 4.78 is 17.6. The summed E-state index contributed by atoms with van der Waals surface area (Å²) in [4.78, 5) is 12.1. The van der Waals surface area contributed by atoms with Gasteiger partial charge in [-0.05, 0) is 12.0 Å². The van der Waals surface area contributed by atoms with Crippen molar-refractivity contribution in [3.05, 3.63) is 35.9 Å². The molecule has 0 saturated carbocycles. The van der Waals surface area contributed by atoms with Crippen LogP contribution in [0.15, 0.2) is 30.3 Å². The SMILES string of the molecule is CC[C@@H]1C(=O)O[C@@H]2O[C@H]1[C@H](C)[C@H](OCc1ccccc1)[C@@H]2C. The van der Waals surface area contributed by atoms with Gasteiger partial charge in [0.1, 0.15) is 0 Å². The lowest BCUT2D eigenvalue weighted by atomic mass is 9.78. The minimum atomic E-state index is -0.475. The van der Waals surface area contributed by atoms with Gasteiger partial charge in [-0.2, -0.15) is 0 Å². The van der Waals surface area contributed by atoms with Gasteiger partial charge in [-0.25, -0.2) is 0 Å². The van der Waals surface area contributed by atoms with E-state index in [1.807, 2.05) is 32.0 Å². The van der Waals surface area contributed by atoms with Crippen molar-refractivity contribution in [1.29, 1.82) is 0 Å². The Morgan fingerprint density at radius 2 is 1.86 bits per heavy atom. The Morgan fingerprint density at radius 3 is 2.55 bits per heavy atom. The second kappa shape index (κ2) is 6.39. The maximum absolute atomic E-state index is 12.1. The standard InChI is InChI=1S/C18H24O4/c1-4-14-16-11(2)15(12(3)18(21-16)22-17(14)19)20-10-13-8-6-5-7-9-13/h5-9,11-12,14-16,18H,4,10H2,1-3H3/t11-,12+,14+,15+,16+,18+/m1/s1. The lowest BCUT2D eigenvalue weighted by Gasteiger charge is -2.49. The van der Waals surface area contributed by atoms with Gasteiger partial charge in [-0.1, -0.05) is 51.1 Å². The van der Waals surface area contributed by atoms with Gasteiger partial charge in [-0.15, -0.1) is 0 Å². The third-order valence-corrected chi connectivity index (χ3v) is 4.93. The largest absolute Gasteiger partial charge is 0.435 e. The maximum atomic E-state index is 12.1. The van der Waals surface area contributed by atoms with Crippen LogP contribution in [0.4, 0.5) is 0 Å². The fourth-order valence-corrected chi connectivity index (χ4v) is 3.62. The van der Waals surface area contributed by atoms with Crippen LogP contribution in [-0.2, 0) is 25.6 Å². The zero-order valence-corrected chi connectivity index (χ0v) is 13.4. The van der Waals surface area contributed by atoms with Crippen LogP contribution in [0.25, 0.3) is 0 Å². The molecule has 3 rings (SSSR count). The van der Waals surface area contributed by atoms with E-state index in [2.05, 4.69) is 19.1 Å². The molecule has 0 spiro atoms. The van der Waals surface area contributed by atoms with E-state index in [1.165, 1.54) is 0 Å². The van der Waals surface area contributed by atoms with Crippen molar-refractivity contribution in [2.24, 2.45) is 17.8 Å². The molecule has 0 amide bonds. The first-order chi connectivity index (χ1) is 10.6. The molecule has 0 unspecified atom stereocenters. The van der Waals surface area contributed by atoms with Crippen molar-refractivity contribution >= 4 is 5.97 Å². The van der Waals surface area contributed by atoms with E-state index in [9.17, 15) is 4.79 Å². The number of rotatable bonds is 4. The molecule has 4 heteroatoms. The van der Waals surface area contributed by atoms with Crippen LogP contribution in [0, 0.1) is 17.8 Å². The maximum Gasteiger partial charge on any atom is 0.313 e. The molecule has 2 aliphatic rings. The Morgan fingerprint density at radius 1 is 1.14 bits per heavy atom. The highest BCUT2D eigenvalue weighted by Gasteiger charge is 2.52. The number of fused-ring (bicyclic) bond motifs is 2. The van der Waals surface area contributed by atoms with E-state index in [4.69, 9.17) is 14.2 Å². The van der Waals surface area contributed by atoms with E-state index in [-0.39, 0.29) is 35.9 Å². The topological polar surface area (TPSA) is 44.8 Å². The molecule has 120 valence electrons. The van der Waals surface area contributed by atoms with Crippen LogP contribution in [-0.4, -0.2) is 24.5 Å². The van der Waals surface area contributed by atoms with Gasteiger partial charge in [-0.3, -0.25) is 4.79 Å². The van der Waals surface area contributed by atoms with Crippen molar-refractivity contribution < 1.29 is 19.0 Å². The molecule has 6 atom stereocenters. The van der Waals surface area contributed by atoms with Gasteiger partial charge in [0.15, 0.2) is 0 Å². The van der Waals surface area contributed by atoms with E-state index in [0.29, 0.717) is 6.61 Å². The Bertz CT molecular complexity index is 515. The molecule has 0 aromatic heterocycles. The predicted molar refractivity (Wildman–Crippen MR) is 81.9 cm³/mol. The van der Waals surface area contributed by atoms with Crippen LogP contribution in [0.2, 0.25) is 0 Å². The van der Waals surface area contributed by atoms with Gasteiger partial charge in [0, 0.05) is 11.8 Å². The average Bonchev–Trinajstić information content (AvgIpc) is 2.53. The number of hydrogen-bond donors (Lipinski definition) is 0. The summed E-state index contributed by atoms with van der Waals surface area (Å²) in [6, 6.07) is 10.1. The molecule has 1 aromatic rings. The third kappa shape index (κ3) is 2.77. The average molecular weight is 304 g/mol. The molecule has 1 aromatic carbocycles. The molecule has 0 radical (unpaired) electrons. The van der Waals surface area contributed by atoms with Crippen LogP contribution < -0.4 is 0 Å². The summed E-state index contributed by atoms with van der Waals surface area (Å²) in [5.74, 6) is -0.0879. The first kappa shape index (κ1) is 15.5. The smallest absolute Gasteiger partial charge is 0.313 e. The number of ether oxygens (including phenoxy) is 3. The van der Waals surface area contributed by atoms with Crippen molar-refractivity contribution in [3.8, 4) is 0 Å². The van der Waals surface area contributed by atoms with Crippen LogP contribution >= 0.6 is 0 Å². The molecule has 2 saturated heterocycles. The molecule has 22 heavy (non-hydrogen) atoms. The summed E-state index contributed by atoms with van der Waals surface area (Å²) in [5.41, 5.74) is 1.16. The Kier molecular flexibility index (Phi) is 4.50. The molecule has 2 bridgehead atoms. The highest BCUT2D eigenvalue weighted by Crippen LogP contribution is 2.41. The van der Waals surface area contributed by atoms with Gasteiger partial charge < -0.3 is 14.2 Å². The minimum absolute atomic E-state index is 0.0334. The highest BCUT2D eigenvalue weighted by molar-refractivity contribution is 5.74. The number of hydrogen-bond acceptors (Lipinski definition) is 4. The lowest BCUT2D eigenvalue weighted by Crippen LogP contribution is -2.59. The number of carbonyl (C=O) groups is 1. The third-order valence-electron chi connectivity index (χ3n) is 4.93. The zero-order chi connectivity index (χ0) is 15.7. The molecule has 4 nitrogen and oxygen atoms in total. The summed E-state index contributed by atoms with van der Waals surface area (Å²) in [7, 11) is 0. The van der Waals surface area contributed by atoms with Crippen molar-refractivity contribution in [3.63, 3.8) is 0 Å². The fourth-order valence-electron chi connectivity index (χ4n) is 3.62. The van der Waals surface area contributed by atoms with Crippen molar-refractivity contribution in [1.82, 2.24) is 0 Å². The monoisotopic (exact) mass is 304 g/mol. The molecule has 0 aliphatic carbocycles. The Labute approximate surface area is 131 Å². The molecule has 2 heterocycles. The molecular weight excluding hydrogens is 280 g/mol. The number of benzene rings is 1. The summed E-state index contributed by atoms with van der Waals surface area (Å²) in [6.07, 6.45) is 0.192. The van der Waals surface area contributed by atoms with Gasteiger partial charge in [0.2, 0.25) is 6.29 Å². The molecular formula is C18H24O4. The van der Waals surface area contributed by atoms with Gasteiger partial charge in [0.25, 0.3) is 0 Å². The molecule has 2 aliphatic heterocycles. The minimum Gasteiger partial charge on any atom is -0.435 e. The first-order valence-electron chi connectivity index (χ1n) is 8.13. The zero-order valence-electron chi connectivity index (χ0n) is 13.4. The Balaban J connectivity index is 1.72. The molecule has 0 N–H and O–H groups in total. The highest BCUT2D eigenvalue weighted by atomic mass is 16.7. The summed E-state index contributed by atoms with van der Waals surface area (Å²) in [6.45, 7) is 6.73. The van der Waals surface area contributed by atoms with Gasteiger partial charge >= 0.3 is 5.97 Å². The van der Waals surface area contributed by atoms with E-state index in [0.717, 1.165) is 12.0 Å². The predicted octanol–water partition coefficient (Wildman–Crippen LogP) is 3.15. The summed E-state index contributed by atoms with van der Waals surface area (Å²) in [5, 5.41) is 0. The normalized spacial score (nSPS) is 37.7. The van der Waals surface area contributed by atoms with Crippen LogP contribution in [0.5, 0.6) is 0 Å². The second-order valence-corrected chi connectivity index (χ2v) is 6.40. The Hall–Kier alpha value is -1.39. The number of carbonyl (C=O) groups excluding carboxylic acids is 1.